The normalized spacial score (nSPS) is 54.8. The third-order valence-electron chi connectivity index (χ3n) is 8.54. The Hall–Kier alpha value is -0.710. The summed E-state index contributed by atoms with van der Waals surface area (Å²) >= 11 is 0. The Morgan fingerprint density at radius 1 is 1.12 bits per heavy atom. The van der Waals surface area contributed by atoms with Gasteiger partial charge in [-0.05, 0) is 67.3 Å². The van der Waals surface area contributed by atoms with Gasteiger partial charge in [0.2, 0.25) is 0 Å². The number of fused-ring (bicyclic) bond motifs is 7. The van der Waals surface area contributed by atoms with Crippen LogP contribution in [0.1, 0.15) is 52.4 Å². The molecule has 3 saturated carbocycles. The predicted octanol–water partition coefficient (Wildman–Crippen LogP) is 2.88. The van der Waals surface area contributed by atoms with E-state index in [9.17, 15) is 9.90 Å². The van der Waals surface area contributed by atoms with Crippen LogP contribution in [0.4, 0.5) is 0 Å². The molecule has 4 aliphatic carbocycles. The highest BCUT2D eigenvalue weighted by Gasteiger charge is 2.64. The second-order valence-electron chi connectivity index (χ2n) is 9.61. The van der Waals surface area contributed by atoms with Crippen LogP contribution in [0.25, 0.3) is 0 Å². The van der Waals surface area contributed by atoms with Gasteiger partial charge in [-0.25, -0.2) is 0 Å². The molecule has 5 rings (SSSR count). The number of hydrogen-bond acceptors (Lipinski definition) is 4. The first-order valence-corrected chi connectivity index (χ1v) is 10.1. The standard InChI is InChI=1S/C21H30O4/c1-20-5-3-13(22)9-12(20)10-16(23)18-14(20)4-6-21(2)15(18)11-17-19(21)25-8-7-24-17/h10,13-15,17-19,22H,3-9,11H2,1-2H3/t13-,14+,15+,17?,18-,19?,20+,21+/m1/s1. The number of allylic oxidation sites excluding steroid dienone is 1. The summed E-state index contributed by atoms with van der Waals surface area (Å²) in [7, 11) is 0. The lowest BCUT2D eigenvalue weighted by Gasteiger charge is -2.56. The van der Waals surface area contributed by atoms with E-state index in [0.717, 1.165) is 32.1 Å². The molecule has 1 heterocycles. The summed E-state index contributed by atoms with van der Waals surface area (Å²) < 4.78 is 12.2. The lowest BCUT2D eigenvalue weighted by molar-refractivity contribution is -0.168. The zero-order valence-corrected chi connectivity index (χ0v) is 15.4. The number of ketones is 1. The lowest BCUT2D eigenvalue weighted by atomic mass is 9.47. The lowest BCUT2D eigenvalue weighted by Crippen LogP contribution is -2.54. The van der Waals surface area contributed by atoms with Crippen LogP contribution in [0.2, 0.25) is 0 Å². The number of rotatable bonds is 0. The number of aliphatic hydroxyl groups excluding tert-OH is 1. The van der Waals surface area contributed by atoms with Crippen LogP contribution in [-0.4, -0.2) is 42.4 Å². The van der Waals surface area contributed by atoms with Crippen molar-refractivity contribution < 1.29 is 19.4 Å². The van der Waals surface area contributed by atoms with Gasteiger partial charge in [0.1, 0.15) is 0 Å². The first-order valence-electron chi connectivity index (χ1n) is 10.1. The zero-order valence-electron chi connectivity index (χ0n) is 15.4. The quantitative estimate of drug-likeness (QED) is 0.733. The van der Waals surface area contributed by atoms with E-state index in [0.29, 0.717) is 37.3 Å². The number of ether oxygens (including phenoxy) is 2. The van der Waals surface area contributed by atoms with Crippen molar-refractivity contribution in [3.63, 3.8) is 0 Å². The summed E-state index contributed by atoms with van der Waals surface area (Å²) in [5.41, 5.74) is 1.37. The van der Waals surface area contributed by atoms with Gasteiger partial charge in [0.05, 0.1) is 31.5 Å². The molecule has 2 unspecified atom stereocenters. The van der Waals surface area contributed by atoms with Crippen molar-refractivity contribution in [1.29, 1.82) is 0 Å². The Kier molecular flexibility index (Phi) is 3.56. The number of aliphatic hydroxyl groups is 1. The molecule has 25 heavy (non-hydrogen) atoms. The summed E-state index contributed by atoms with van der Waals surface area (Å²) in [5.74, 6) is 1.21. The molecule has 0 spiro atoms. The van der Waals surface area contributed by atoms with Crippen molar-refractivity contribution in [2.45, 2.75) is 70.7 Å². The third kappa shape index (κ3) is 2.14. The number of carbonyl (C=O) groups excluding carboxylic acids is 1. The second kappa shape index (κ2) is 5.40. The van der Waals surface area contributed by atoms with E-state index in [4.69, 9.17) is 9.47 Å². The molecular weight excluding hydrogens is 316 g/mol. The number of carbonyl (C=O) groups is 1. The molecule has 1 saturated heterocycles. The first-order chi connectivity index (χ1) is 11.9. The van der Waals surface area contributed by atoms with Gasteiger partial charge < -0.3 is 14.6 Å². The van der Waals surface area contributed by atoms with Crippen LogP contribution in [0, 0.1) is 28.6 Å². The Morgan fingerprint density at radius 2 is 1.92 bits per heavy atom. The highest BCUT2D eigenvalue weighted by Crippen LogP contribution is 2.65. The molecule has 4 nitrogen and oxygen atoms in total. The molecule has 0 aromatic carbocycles. The molecule has 5 aliphatic rings. The molecule has 0 aromatic heterocycles. The van der Waals surface area contributed by atoms with E-state index >= 15 is 0 Å². The topological polar surface area (TPSA) is 55.8 Å². The zero-order chi connectivity index (χ0) is 17.4. The van der Waals surface area contributed by atoms with Gasteiger partial charge in [-0.1, -0.05) is 19.4 Å². The van der Waals surface area contributed by atoms with Crippen LogP contribution >= 0.6 is 0 Å². The molecule has 1 aliphatic heterocycles. The second-order valence-corrected chi connectivity index (χ2v) is 9.61. The van der Waals surface area contributed by atoms with Gasteiger partial charge in [0.15, 0.2) is 5.78 Å². The summed E-state index contributed by atoms with van der Waals surface area (Å²) in [5, 5.41) is 10.1. The van der Waals surface area contributed by atoms with Crippen molar-refractivity contribution in [2.24, 2.45) is 28.6 Å². The maximum Gasteiger partial charge on any atom is 0.159 e. The predicted molar refractivity (Wildman–Crippen MR) is 93.0 cm³/mol. The first kappa shape index (κ1) is 16.5. The van der Waals surface area contributed by atoms with Gasteiger partial charge in [0, 0.05) is 5.92 Å². The SMILES string of the molecule is C[C@]12CC[C@@H](O)CC1=CC(=O)[C@@H]1[C@@H]2CC[C@]2(C)C3OCCOC3C[C@@H]12. The van der Waals surface area contributed by atoms with E-state index in [-0.39, 0.29) is 35.1 Å². The maximum absolute atomic E-state index is 13.2. The summed E-state index contributed by atoms with van der Waals surface area (Å²) in [6.07, 6.45) is 7.73. The van der Waals surface area contributed by atoms with Crippen molar-refractivity contribution in [2.75, 3.05) is 13.2 Å². The molecule has 8 atom stereocenters. The Bertz CT molecular complexity index is 627. The van der Waals surface area contributed by atoms with E-state index < -0.39 is 0 Å². The Balaban J connectivity index is 1.53. The molecule has 0 bridgehead atoms. The van der Waals surface area contributed by atoms with Gasteiger partial charge in [-0.3, -0.25) is 4.79 Å². The van der Waals surface area contributed by atoms with E-state index in [1.807, 2.05) is 6.08 Å². The van der Waals surface area contributed by atoms with Gasteiger partial charge in [0.25, 0.3) is 0 Å². The van der Waals surface area contributed by atoms with E-state index in [2.05, 4.69) is 13.8 Å². The van der Waals surface area contributed by atoms with Crippen molar-refractivity contribution in [3.05, 3.63) is 11.6 Å². The van der Waals surface area contributed by atoms with E-state index in [1.165, 1.54) is 5.57 Å². The minimum Gasteiger partial charge on any atom is -0.393 e. The number of hydrogen-bond donors (Lipinski definition) is 1. The van der Waals surface area contributed by atoms with Crippen molar-refractivity contribution >= 4 is 5.78 Å². The fourth-order valence-electron chi connectivity index (χ4n) is 7.16. The minimum absolute atomic E-state index is 0.0673. The fraction of sp³-hybridized carbons (Fsp3) is 0.857. The molecule has 138 valence electrons. The van der Waals surface area contributed by atoms with Gasteiger partial charge in [-0.15, -0.1) is 0 Å². The fourth-order valence-corrected chi connectivity index (χ4v) is 7.16. The van der Waals surface area contributed by atoms with Crippen molar-refractivity contribution in [1.82, 2.24) is 0 Å². The maximum atomic E-state index is 13.2. The highest BCUT2D eigenvalue weighted by molar-refractivity contribution is 5.94. The molecule has 4 heteroatoms. The molecule has 0 radical (unpaired) electrons. The Morgan fingerprint density at radius 3 is 2.76 bits per heavy atom. The summed E-state index contributed by atoms with van der Waals surface area (Å²) in [6, 6.07) is 0. The molecule has 0 amide bonds. The highest BCUT2D eigenvalue weighted by atomic mass is 16.6. The molecular formula is C21H30O4. The average Bonchev–Trinajstić information content (AvgIpc) is 2.89. The van der Waals surface area contributed by atoms with E-state index in [1.54, 1.807) is 0 Å². The molecule has 1 N–H and O–H groups in total. The van der Waals surface area contributed by atoms with Gasteiger partial charge in [-0.2, -0.15) is 0 Å². The van der Waals surface area contributed by atoms with Crippen LogP contribution in [-0.2, 0) is 14.3 Å². The molecule has 0 aromatic rings. The largest absolute Gasteiger partial charge is 0.393 e. The molecule has 4 fully saturated rings. The van der Waals surface area contributed by atoms with Crippen LogP contribution < -0.4 is 0 Å². The van der Waals surface area contributed by atoms with Crippen LogP contribution in [0.15, 0.2) is 11.6 Å². The summed E-state index contributed by atoms with van der Waals surface area (Å²) in [6.45, 7) is 6.07. The van der Waals surface area contributed by atoms with Crippen LogP contribution in [0.3, 0.4) is 0 Å². The summed E-state index contributed by atoms with van der Waals surface area (Å²) in [4.78, 5) is 13.2. The third-order valence-corrected chi connectivity index (χ3v) is 8.54. The van der Waals surface area contributed by atoms with Crippen molar-refractivity contribution in [3.8, 4) is 0 Å². The Labute approximate surface area is 150 Å². The monoisotopic (exact) mass is 346 g/mol. The smallest absolute Gasteiger partial charge is 0.159 e. The van der Waals surface area contributed by atoms with Crippen LogP contribution in [0.5, 0.6) is 0 Å². The minimum atomic E-state index is -0.270. The van der Waals surface area contributed by atoms with Gasteiger partial charge >= 0.3 is 0 Å². The average molecular weight is 346 g/mol.